The van der Waals surface area contributed by atoms with Crippen molar-refractivity contribution in [3.05, 3.63) is 29.3 Å². The van der Waals surface area contributed by atoms with Gasteiger partial charge in [0.2, 0.25) is 5.91 Å². The number of likely N-dealkylation sites (tertiary alicyclic amines) is 1. The van der Waals surface area contributed by atoms with E-state index in [1.165, 1.54) is 6.07 Å². The number of halogens is 3. The summed E-state index contributed by atoms with van der Waals surface area (Å²) < 4.78 is 46.9. The Hall–Kier alpha value is -2.25. The topological polar surface area (TPSA) is 55.8 Å². The summed E-state index contributed by atoms with van der Waals surface area (Å²) in [5.74, 6) is -0.167. The molecule has 1 saturated carbocycles. The molecular weight excluding hydrogens is 387 g/mol. The largest absolute Gasteiger partial charge is 0.573 e. The number of alkyl halides is 3. The van der Waals surface area contributed by atoms with Crippen molar-refractivity contribution in [2.45, 2.75) is 51.3 Å². The zero-order valence-electron chi connectivity index (χ0n) is 16.3. The number of carbonyl (C=O) groups excluding carboxylic acids is 2. The van der Waals surface area contributed by atoms with Gasteiger partial charge in [-0.25, -0.2) is 0 Å². The summed E-state index contributed by atoms with van der Waals surface area (Å²) in [4.78, 5) is 25.9. The number of esters is 1. The number of aryl methyl sites for hydroxylation is 1. The molecule has 158 valence electrons. The summed E-state index contributed by atoms with van der Waals surface area (Å²) in [5.41, 5.74) is 1.12. The van der Waals surface area contributed by atoms with E-state index in [4.69, 9.17) is 4.74 Å². The number of hydrogen-bond acceptors (Lipinski definition) is 4. The van der Waals surface area contributed by atoms with Crippen molar-refractivity contribution in [1.29, 1.82) is 0 Å². The molecule has 4 rings (SSSR count). The molecule has 0 atom stereocenters. The number of cyclic esters (lactones) is 1. The van der Waals surface area contributed by atoms with E-state index >= 15 is 0 Å². The van der Waals surface area contributed by atoms with E-state index in [2.05, 4.69) is 4.74 Å². The highest BCUT2D eigenvalue weighted by Gasteiger charge is 2.53. The van der Waals surface area contributed by atoms with Gasteiger partial charge >= 0.3 is 12.3 Å². The van der Waals surface area contributed by atoms with Gasteiger partial charge in [0.25, 0.3) is 0 Å². The molecule has 2 heterocycles. The Kier molecular flexibility index (Phi) is 4.99. The van der Waals surface area contributed by atoms with Gasteiger partial charge in [-0.3, -0.25) is 9.59 Å². The monoisotopic (exact) mass is 411 g/mol. The molecule has 1 amide bonds. The normalized spacial score (nSPS) is 27.7. The summed E-state index contributed by atoms with van der Waals surface area (Å²) in [6.45, 7) is 3.19. The number of ether oxygens (including phenoxy) is 2. The van der Waals surface area contributed by atoms with Crippen molar-refractivity contribution in [1.82, 2.24) is 4.90 Å². The summed E-state index contributed by atoms with van der Waals surface area (Å²) >= 11 is 0. The summed E-state index contributed by atoms with van der Waals surface area (Å²) in [5, 5.41) is 0. The lowest BCUT2D eigenvalue weighted by Crippen LogP contribution is -2.49. The van der Waals surface area contributed by atoms with Crippen molar-refractivity contribution in [2.75, 3.05) is 19.7 Å². The van der Waals surface area contributed by atoms with E-state index in [-0.39, 0.29) is 34.9 Å². The third-order valence-corrected chi connectivity index (χ3v) is 6.48. The van der Waals surface area contributed by atoms with Crippen LogP contribution in [0.25, 0.3) is 0 Å². The maximum atomic E-state index is 12.8. The highest BCUT2D eigenvalue weighted by Crippen LogP contribution is 2.52. The summed E-state index contributed by atoms with van der Waals surface area (Å²) in [6.07, 6.45) is -1.48. The number of rotatable bonds is 3. The Labute approximate surface area is 167 Å². The number of hydrogen-bond donors (Lipinski definition) is 0. The molecule has 1 spiro atoms. The maximum absolute atomic E-state index is 12.8. The van der Waals surface area contributed by atoms with Gasteiger partial charge in [0, 0.05) is 24.4 Å². The number of carbonyl (C=O) groups is 2. The van der Waals surface area contributed by atoms with Crippen LogP contribution in [0.3, 0.4) is 0 Å². The van der Waals surface area contributed by atoms with Gasteiger partial charge < -0.3 is 14.4 Å². The van der Waals surface area contributed by atoms with Gasteiger partial charge in [0.1, 0.15) is 5.75 Å². The molecule has 29 heavy (non-hydrogen) atoms. The molecule has 0 aromatic heterocycles. The minimum atomic E-state index is -4.71. The highest BCUT2D eigenvalue weighted by atomic mass is 19.4. The van der Waals surface area contributed by atoms with E-state index < -0.39 is 6.36 Å². The molecule has 8 heteroatoms. The van der Waals surface area contributed by atoms with Gasteiger partial charge in [0.05, 0.1) is 13.0 Å². The average molecular weight is 411 g/mol. The second kappa shape index (κ2) is 7.22. The van der Waals surface area contributed by atoms with Gasteiger partial charge in [-0.05, 0) is 55.7 Å². The molecule has 1 aromatic rings. The Morgan fingerprint density at radius 1 is 1.24 bits per heavy atom. The second-order valence-electron chi connectivity index (χ2n) is 8.61. The SMILES string of the molecule is Cc1ccc(C2CCN(C(=O)C3CC4(COC(=O)C4)C3)CC2)cc1OC(F)(F)F. The van der Waals surface area contributed by atoms with Crippen LogP contribution in [0.4, 0.5) is 13.2 Å². The first-order chi connectivity index (χ1) is 13.6. The first kappa shape index (κ1) is 20.0. The molecule has 1 aromatic carbocycles. The fourth-order valence-electron chi connectivity index (χ4n) is 4.86. The quantitative estimate of drug-likeness (QED) is 0.707. The number of nitrogens with zero attached hydrogens (tertiary/aromatic N) is 1. The zero-order chi connectivity index (χ0) is 20.8. The van der Waals surface area contributed by atoms with Gasteiger partial charge in [-0.2, -0.15) is 0 Å². The van der Waals surface area contributed by atoms with Crippen molar-refractivity contribution in [2.24, 2.45) is 11.3 Å². The molecule has 3 aliphatic rings. The molecule has 2 aliphatic heterocycles. The lowest BCUT2D eigenvalue weighted by atomic mass is 9.61. The van der Waals surface area contributed by atoms with Crippen LogP contribution in [-0.4, -0.2) is 42.8 Å². The summed E-state index contributed by atoms with van der Waals surface area (Å²) in [7, 11) is 0. The predicted molar refractivity (Wildman–Crippen MR) is 97.2 cm³/mol. The van der Waals surface area contributed by atoms with Crippen LogP contribution in [0.1, 0.15) is 49.1 Å². The van der Waals surface area contributed by atoms with Crippen molar-refractivity contribution in [3.8, 4) is 5.75 Å². The number of piperidine rings is 1. The van der Waals surface area contributed by atoms with Crippen LogP contribution in [-0.2, 0) is 14.3 Å². The minimum Gasteiger partial charge on any atom is -0.465 e. The number of amides is 1. The van der Waals surface area contributed by atoms with E-state index in [9.17, 15) is 22.8 Å². The van der Waals surface area contributed by atoms with Crippen molar-refractivity contribution >= 4 is 11.9 Å². The molecule has 3 fully saturated rings. The highest BCUT2D eigenvalue weighted by molar-refractivity contribution is 5.81. The van der Waals surface area contributed by atoms with Crippen LogP contribution in [0, 0.1) is 18.3 Å². The Balaban J connectivity index is 1.32. The van der Waals surface area contributed by atoms with Crippen LogP contribution in [0.2, 0.25) is 0 Å². The van der Waals surface area contributed by atoms with Gasteiger partial charge in [-0.15, -0.1) is 13.2 Å². The molecule has 0 bridgehead atoms. The average Bonchev–Trinajstić information content (AvgIpc) is 3.03. The Bertz CT molecular complexity index is 809. The lowest BCUT2D eigenvalue weighted by molar-refractivity contribution is -0.274. The maximum Gasteiger partial charge on any atom is 0.573 e. The smallest absolute Gasteiger partial charge is 0.465 e. The van der Waals surface area contributed by atoms with Crippen LogP contribution in [0.5, 0.6) is 5.75 Å². The molecule has 5 nitrogen and oxygen atoms in total. The molecule has 0 radical (unpaired) electrons. The molecule has 1 aliphatic carbocycles. The third kappa shape index (κ3) is 4.21. The Morgan fingerprint density at radius 2 is 1.93 bits per heavy atom. The van der Waals surface area contributed by atoms with Crippen molar-refractivity contribution < 1.29 is 32.2 Å². The predicted octanol–water partition coefficient (Wildman–Crippen LogP) is 3.94. The second-order valence-corrected chi connectivity index (χ2v) is 8.61. The van der Waals surface area contributed by atoms with Crippen LogP contribution < -0.4 is 4.74 Å². The van der Waals surface area contributed by atoms with Crippen molar-refractivity contribution in [3.63, 3.8) is 0 Å². The third-order valence-electron chi connectivity index (χ3n) is 6.48. The lowest BCUT2D eigenvalue weighted by Gasteiger charge is -2.45. The van der Waals surface area contributed by atoms with E-state index in [1.807, 2.05) is 11.0 Å². The summed E-state index contributed by atoms with van der Waals surface area (Å²) in [6, 6.07) is 4.96. The molecule has 0 N–H and O–H groups in total. The van der Waals surface area contributed by atoms with Crippen LogP contribution in [0.15, 0.2) is 18.2 Å². The minimum absolute atomic E-state index is 0.0489. The van der Waals surface area contributed by atoms with E-state index in [1.54, 1.807) is 13.0 Å². The standard InChI is InChI=1S/C21H24F3NO4/c1-13-2-3-15(8-17(13)29-21(22,23)24)14-4-6-25(7-5-14)19(27)16-9-20(10-16)11-18(26)28-12-20/h2-3,8,14,16H,4-7,9-12H2,1H3. The fraction of sp³-hybridized carbons (Fsp3) is 0.619. The molecule has 0 unspecified atom stereocenters. The van der Waals surface area contributed by atoms with Crippen LogP contribution >= 0.6 is 0 Å². The fourth-order valence-corrected chi connectivity index (χ4v) is 4.86. The first-order valence-electron chi connectivity index (χ1n) is 9.95. The number of benzene rings is 1. The first-order valence-corrected chi connectivity index (χ1v) is 9.95. The van der Waals surface area contributed by atoms with Gasteiger partial charge in [-0.1, -0.05) is 12.1 Å². The van der Waals surface area contributed by atoms with E-state index in [0.29, 0.717) is 57.4 Å². The zero-order valence-corrected chi connectivity index (χ0v) is 16.3. The Morgan fingerprint density at radius 3 is 2.52 bits per heavy atom. The van der Waals surface area contributed by atoms with E-state index in [0.717, 1.165) is 5.56 Å². The van der Waals surface area contributed by atoms with Gasteiger partial charge in [0.15, 0.2) is 0 Å². The molecular formula is C21H24F3NO4. The molecule has 2 saturated heterocycles.